The number of benzene rings is 1. The Morgan fingerprint density at radius 2 is 1.86 bits per heavy atom. The molecule has 1 aromatic heterocycles. The third-order valence-corrected chi connectivity index (χ3v) is 3.05. The lowest BCUT2D eigenvalue weighted by Gasteiger charge is -2.11. The molecular weight excluding hydrogens is 303 g/mol. The summed E-state index contributed by atoms with van der Waals surface area (Å²) in [6, 6.07) is 6.36. The number of halogens is 3. The molecule has 0 bridgehead atoms. The van der Waals surface area contributed by atoms with Crippen molar-refractivity contribution in [3.05, 3.63) is 35.9 Å². The Kier molecular flexibility index (Phi) is 4.53. The molecule has 0 amide bonds. The fourth-order valence-corrected chi connectivity index (χ4v) is 1.95. The second kappa shape index (κ2) is 6.19. The van der Waals surface area contributed by atoms with Crippen LogP contribution in [0.4, 0.5) is 30.5 Å². The third kappa shape index (κ3) is 3.99. The molecule has 0 radical (unpaired) electrons. The Balaban J connectivity index is 2.30. The van der Waals surface area contributed by atoms with Gasteiger partial charge in [-0.3, -0.25) is 0 Å². The van der Waals surface area contributed by atoms with E-state index in [0.717, 1.165) is 12.1 Å². The molecule has 0 saturated carbocycles. The number of anilines is 3. The number of nitrogens with two attached hydrogens (primary N) is 1. The van der Waals surface area contributed by atoms with Crippen LogP contribution in [0.3, 0.4) is 0 Å². The molecule has 0 unspecified atom stereocenters. The summed E-state index contributed by atoms with van der Waals surface area (Å²) in [7, 11) is 0. The zero-order chi connectivity index (χ0) is 15.5. The van der Waals surface area contributed by atoms with Gasteiger partial charge < -0.3 is 10.7 Å². The van der Waals surface area contributed by atoms with E-state index in [1.54, 1.807) is 6.26 Å². The normalized spacial score (nSPS) is 11.3. The summed E-state index contributed by atoms with van der Waals surface area (Å²) in [5.41, 5.74) is 1.92. The number of thioether (sulfide) groups is 1. The number of aromatic nitrogens is 2. The highest BCUT2D eigenvalue weighted by Crippen LogP contribution is 2.31. The number of hydrogen-bond acceptors (Lipinski definition) is 6. The van der Waals surface area contributed by atoms with Crippen molar-refractivity contribution in [2.45, 2.75) is 11.3 Å². The van der Waals surface area contributed by atoms with Crippen molar-refractivity contribution in [2.75, 3.05) is 17.0 Å². The first-order valence-corrected chi connectivity index (χ1v) is 6.99. The molecule has 0 atom stereocenters. The van der Waals surface area contributed by atoms with Gasteiger partial charge in [-0.1, -0.05) is 17.8 Å². The predicted molar refractivity (Wildman–Crippen MR) is 76.3 cm³/mol. The van der Waals surface area contributed by atoms with E-state index in [9.17, 15) is 13.2 Å². The molecule has 0 spiro atoms. The van der Waals surface area contributed by atoms with Crippen molar-refractivity contribution < 1.29 is 13.2 Å². The molecule has 9 heteroatoms. The van der Waals surface area contributed by atoms with Crippen LogP contribution in [0.25, 0.3) is 0 Å². The van der Waals surface area contributed by atoms with Crippen LogP contribution in [-0.2, 0) is 6.18 Å². The molecule has 0 saturated heterocycles. The van der Waals surface area contributed by atoms with E-state index < -0.39 is 11.7 Å². The summed E-state index contributed by atoms with van der Waals surface area (Å²) in [6.45, 7) is 0. The lowest BCUT2D eigenvalue weighted by Crippen LogP contribution is -2.10. The Morgan fingerprint density at radius 1 is 1.14 bits per heavy atom. The summed E-state index contributed by atoms with van der Waals surface area (Å²) in [5, 5.41) is 3.25. The molecule has 0 fully saturated rings. The first kappa shape index (κ1) is 15.4. The van der Waals surface area contributed by atoms with Crippen molar-refractivity contribution in [1.82, 2.24) is 9.97 Å². The molecule has 5 nitrogen and oxygen atoms in total. The van der Waals surface area contributed by atoms with Crippen molar-refractivity contribution in [3.8, 4) is 0 Å². The minimum Gasteiger partial charge on any atom is -0.340 e. The minimum absolute atomic E-state index is 0.276. The van der Waals surface area contributed by atoms with Crippen LogP contribution in [-0.4, -0.2) is 16.2 Å². The predicted octanol–water partition coefficient (Wildman–Crippen LogP) is 3.25. The zero-order valence-electron chi connectivity index (χ0n) is 10.9. The lowest BCUT2D eigenvalue weighted by molar-refractivity contribution is -0.137. The van der Waals surface area contributed by atoms with Gasteiger partial charge in [0.2, 0.25) is 0 Å². The van der Waals surface area contributed by atoms with Gasteiger partial charge in [0.1, 0.15) is 11.6 Å². The van der Waals surface area contributed by atoms with Crippen molar-refractivity contribution in [3.63, 3.8) is 0 Å². The Labute approximate surface area is 123 Å². The van der Waals surface area contributed by atoms with Crippen molar-refractivity contribution >= 4 is 29.1 Å². The van der Waals surface area contributed by atoms with Crippen LogP contribution in [0.1, 0.15) is 5.56 Å². The fraction of sp³-hybridized carbons (Fsp3) is 0.167. The van der Waals surface area contributed by atoms with E-state index in [4.69, 9.17) is 5.84 Å². The first-order chi connectivity index (χ1) is 9.92. The van der Waals surface area contributed by atoms with Crippen LogP contribution in [0, 0.1) is 0 Å². The second-order valence-corrected chi connectivity index (χ2v) is 4.75. The molecule has 0 aliphatic heterocycles. The molecule has 21 heavy (non-hydrogen) atoms. The van der Waals surface area contributed by atoms with E-state index in [1.165, 1.54) is 30.0 Å². The van der Waals surface area contributed by atoms with E-state index in [0.29, 0.717) is 16.8 Å². The summed E-state index contributed by atoms with van der Waals surface area (Å²) >= 11 is 1.29. The maximum Gasteiger partial charge on any atom is 0.416 e. The highest BCUT2D eigenvalue weighted by Gasteiger charge is 2.30. The van der Waals surface area contributed by atoms with Crippen molar-refractivity contribution in [1.29, 1.82) is 0 Å². The maximum atomic E-state index is 12.7. The smallest absolute Gasteiger partial charge is 0.340 e. The number of rotatable bonds is 4. The number of nitrogens with zero attached hydrogens (tertiary/aromatic N) is 2. The summed E-state index contributed by atoms with van der Waals surface area (Å²) in [4.78, 5) is 8.22. The Hall–Kier alpha value is -2.00. The van der Waals surface area contributed by atoms with Gasteiger partial charge in [0.15, 0.2) is 5.16 Å². The molecule has 4 N–H and O–H groups in total. The van der Waals surface area contributed by atoms with E-state index in [1.807, 2.05) is 0 Å². The molecular formula is C12H12F3N5S. The molecule has 0 aliphatic rings. The standard InChI is InChI=1S/C12H12F3N5S/c1-21-11-18-9(6-10(19-11)20-16)17-8-4-2-3-7(5-8)12(13,14)15/h2-6H,16H2,1H3,(H2,17,18,19,20). The van der Waals surface area contributed by atoms with Gasteiger partial charge in [0, 0.05) is 11.8 Å². The average Bonchev–Trinajstić information content (AvgIpc) is 2.46. The number of alkyl halides is 3. The average molecular weight is 315 g/mol. The van der Waals surface area contributed by atoms with E-state index in [2.05, 4.69) is 20.7 Å². The van der Waals surface area contributed by atoms with Gasteiger partial charge in [0.05, 0.1) is 5.56 Å². The highest BCUT2D eigenvalue weighted by atomic mass is 32.2. The van der Waals surface area contributed by atoms with Crippen LogP contribution in [0.2, 0.25) is 0 Å². The number of hydrazine groups is 1. The van der Waals surface area contributed by atoms with Gasteiger partial charge in [-0.15, -0.1) is 0 Å². The van der Waals surface area contributed by atoms with Crippen LogP contribution in [0.5, 0.6) is 0 Å². The quantitative estimate of drug-likeness (QED) is 0.348. The second-order valence-electron chi connectivity index (χ2n) is 3.97. The topological polar surface area (TPSA) is 75.9 Å². The van der Waals surface area contributed by atoms with Gasteiger partial charge >= 0.3 is 6.18 Å². The zero-order valence-corrected chi connectivity index (χ0v) is 11.7. The van der Waals surface area contributed by atoms with E-state index in [-0.39, 0.29) is 5.69 Å². The van der Waals surface area contributed by atoms with E-state index >= 15 is 0 Å². The molecule has 1 heterocycles. The number of nitrogens with one attached hydrogen (secondary N) is 2. The monoisotopic (exact) mass is 315 g/mol. The van der Waals surface area contributed by atoms with Gasteiger partial charge in [-0.05, 0) is 24.5 Å². The minimum atomic E-state index is -4.39. The number of nitrogen functional groups attached to an aromatic ring is 1. The third-order valence-electron chi connectivity index (χ3n) is 2.50. The van der Waals surface area contributed by atoms with Crippen LogP contribution in [0.15, 0.2) is 35.5 Å². The fourth-order valence-electron chi connectivity index (χ4n) is 1.58. The van der Waals surface area contributed by atoms with Crippen molar-refractivity contribution in [2.24, 2.45) is 5.84 Å². The largest absolute Gasteiger partial charge is 0.416 e. The summed E-state index contributed by atoms with van der Waals surface area (Å²) < 4.78 is 38.0. The molecule has 2 aromatic rings. The van der Waals surface area contributed by atoms with Crippen LogP contribution < -0.4 is 16.6 Å². The molecule has 112 valence electrons. The summed E-state index contributed by atoms with van der Waals surface area (Å²) in [6.07, 6.45) is -2.61. The first-order valence-electron chi connectivity index (χ1n) is 5.76. The lowest BCUT2D eigenvalue weighted by atomic mass is 10.2. The highest BCUT2D eigenvalue weighted by molar-refractivity contribution is 7.98. The molecule has 2 rings (SSSR count). The summed E-state index contributed by atoms with van der Waals surface area (Å²) in [5.74, 6) is 6.00. The van der Waals surface area contributed by atoms with Gasteiger partial charge in [0.25, 0.3) is 0 Å². The SMILES string of the molecule is CSc1nc(NN)cc(Nc2cccc(C(F)(F)F)c2)n1. The van der Waals surface area contributed by atoms with Crippen LogP contribution >= 0.6 is 11.8 Å². The molecule has 0 aliphatic carbocycles. The number of hydrogen-bond donors (Lipinski definition) is 3. The van der Waals surface area contributed by atoms with Gasteiger partial charge in [-0.25, -0.2) is 15.8 Å². The molecule has 1 aromatic carbocycles. The van der Waals surface area contributed by atoms with Gasteiger partial charge in [-0.2, -0.15) is 13.2 Å². The maximum absolute atomic E-state index is 12.7. The Bertz CT molecular complexity index is 610. The Morgan fingerprint density at radius 3 is 2.48 bits per heavy atom.